The molecule has 0 radical (unpaired) electrons. The van der Waals surface area contributed by atoms with Crippen LogP contribution in [0.5, 0.6) is 6.01 Å². The number of benzene rings is 1. The lowest BCUT2D eigenvalue weighted by atomic mass is 9.99. The van der Waals surface area contributed by atoms with E-state index >= 15 is 4.39 Å². The van der Waals surface area contributed by atoms with Gasteiger partial charge in [0.25, 0.3) is 0 Å². The predicted octanol–water partition coefficient (Wildman–Crippen LogP) is 6.32. The number of halogens is 6. The molecule has 1 aliphatic carbocycles. The number of aryl methyl sites for hydroxylation is 1. The summed E-state index contributed by atoms with van der Waals surface area (Å²) in [5.74, 6) is -0.825. The van der Waals surface area contributed by atoms with Gasteiger partial charge in [0, 0.05) is 55.6 Å². The summed E-state index contributed by atoms with van der Waals surface area (Å²) in [4.78, 5) is 17.4. The Morgan fingerprint density at radius 2 is 1.78 bits per heavy atom. The lowest BCUT2D eigenvalue weighted by Gasteiger charge is -2.32. The van der Waals surface area contributed by atoms with Crippen molar-refractivity contribution in [2.45, 2.75) is 76.3 Å². The first-order valence-corrected chi connectivity index (χ1v) is 16.3. The number of ether oxygens (including phenoxy) is 1. The van der Waals surface area contributed by atoms with Crippen molar-refractivity contribution in [3.63, 3.8) is 0 Å². The molecule has 248 valence electrons. The molecule has 7 rings (SSSR count). The molecule has 3 N–H and O–H groups in total. The first-order chi connectivity index (χ1) is 21.9. The SMILES string of the molecule is Cc1cc(N)nc(-c2c(Cl)cc3c(N4CC[C@H]5CC[C@@H](C4)N5)nc(OCC4(CN5CCC(F)CC5)CC4)nc3c2F)c1C(F)(F)F. The molecule has 4 aliphatic rings. The number of nitrogens with two attached hydrogens (primary N) is 1. The maximum absolute atomic E-state index is 16.7. The average molecular weight is 666 g/mol. The van der Waals surface area contributed by atoms with Crippen molar-refractivity contribution in [3.05, 3.63) is 34.1 Å². The van der Waals surface area contributed by atoms with Gasteiger partial charge in [0.2, 0.25) is 0 Å². The van der Waals surface area contributed by atoms with E-state index in [-0.39, 0.29) is 51.4 Å². The Hall–Kier alpha value is -3.03. The molecule has 0 amide bonds. The Labute approximate surface area is 268 Å². The van der Waals surface area contributed by atoms with Gasteiger partial charge in [-0.05, 0) is 69.6 Å². The lowest BCUT2D eigenvalue weighted by molar-refractivity contribution is -0.137. The molecule has 8 nitrogen and oxygen atoms in total. The zero-order valence-corrected chi connectivity index (χ0v) is 26.3. The van der Waals surface area contributed by atoms with Crippen LogP contribution in [0.2, 0.25) is 5.02 Å². The van der Waals surface area contributed by atoms with Gasteiger partial charge >= 0.3 is 12.2 Å². The quantitative estimate of drug-likeness (QED) is 0.284. The van der Waals surface area contributed by atoms with Gasteiger partial charge in [-0.3, -0.25) is 0 Å². The second kappa shape index (κ2) is 11.9. The molecule has 2 aromatic heterocycles. The van der Waals surface area contributed by atoms with Crippen LogP contribution in [0.3, 0.4) is 0 Å². The third-order valence-corrected chi connectivity index (χ3v) is 10.3. The highest BCUT2D eigenvalue weighted by Crippen LogP contribution is 2.48. The van der Waals surface area contributed by atoms with E-state index in [1.54, 1.807) is 0 Å². The van der Waals surface area contributed by atoms with Crippen LogP contribution in [-0.4, -0.2) is 77.4 Å². The van der Waals surface area contributed by atoms with Crippen LogP contribution >= 0.6 is 11.6 Å². The number of fused-ring (bicyclic) bond motifs is 3. The third kappa shape index (κ3) is 6.17. The molecule has 1 saturated carbocycles. The van der Waals surface area contributed by atoms with Crippen molar-refractivity contribution in [2.24, 2.45) is 5.41 Å². The number of rotatable bonds is 7. The van der Waals surface area contributed by atoms with Crippen molar-refractivity contribution in [3.8, 4) is 17.3 Å². The molecule has 2 bridgehead atoms. The topological polar surface area (TPSA) is 92.4 Å². The third-order valence-electron chi connectivity index (χ3n) is 9.96. The summed E-state index contributed by atoms with van der Waals surface area (Å²) in [7, 11) is 0. The van der Waals surface area contributed by atoms with Gasteiger partial charge in [0.1, 0.15) is 23.3 Å². The molecule has 14 heteroatoms. The van der Waals surface area contributed by atoms with Crippen LogP contribution in [0.15, 0.2) is 12.1 Å². The molecule has 4 fully saturated rings. The number of pyridine rings is 1. The lowest BCUT2D eigenvalue weighted by Crippen LogP contribution is -2.39. The number of hydrogen-bond donors (Lipinski definition) is 2. The van der Waals surface area contributed by atoms with Crippen LogP contribution < -0.4 is 20.7 Å². The zero-order valence-electron chi connectivity index (χ0n) is 25.6. The zero-order chi connectivity index (χ0) is 32.4. The highest BCUT2D eigenvalue weighted by Gasteiger charge is 2.46. The molecule has 0 unspecified atom stereocenters. The van der Waals surface area contributed by atoms with Crippen molar-refractivity contribution in [1.29, 1.82) is 0 Å². The molecule has 5 heterocycles. The number of nitrogen functional groups attached to an aromatic ring is 1. The van der Waals surface area contributed by atoms with Gasteiger partial charge in [-0.15, -0.1) is 0 Å². The van der Waals surface area contributed by atoms with Crippen LogP contribution in [0, 0.1) is 18.2 Å². The van der Waals surface area contributed by atoms with Crippen molar-refractivity contribution < 1.29 is 26.7 Å². The van der Waals surface area contributed by atoms with Gasteiger partial charge in [0.15, 0.2) is 5.82 Å². The molecule has 3 saturated heterocycles. The molecule has 1 aromatic carbocycles. The van der Waals surface area contributed by atoms with Crippen LogP contribution in [-0.2, 0) is 6.18 Å². The fourth-order valence-electron chi connectivity index (χ4n) is 7.33. The summed E-state index contributed by atoms with van der Waals surface area (Å²) in [5, 5.41) is 3.65. The van der Waals surface area contributed by atoms with E-state index in [4.69, 9.17) is 27.1 Å². The van der Waals surface area contributed by atoms with Gasteiger partial charge < -0.3 is 25.6 Å². The van der Waals surface area contributed by atoms with Crippen molar-refractivity contribution in [1.82, 2.24) is 25.2 Å². The fraction of sp³-hybridized carbons (Fsp3) is 0.594. The second-order valence-electron chi connectivity index (χ2n) is 13.5. The Morgan fingerprint density at radius 3 is 2.50 bits per heavy atom. The molecule has 3 aromatic rings. The largest absolute Gasteiger partial charge is 0.463 e. The van der Waals surface area contributed by atoms with Crippen LogP contribution in [0.4, 0.5) is 33.6 Å². The summed E-state index contributed by atoms with van der Waals surface area (Å²) in [6.45, 7) is 4.94. The Balaban J connectivity index is 1.30. The number of likely N-dealkylation sites (tertiary alicyclic amines) is 1. The number of alkyl halides is 4. The van der Waals surface area contributed by atoms with E-state index in [2.05, 4.69) is 25.1 Å². The van der Waals surface area contributed by atoms with Gasteiger partial charge in [-0.25, -0.2) is 13.8 Å². The summed E-state index contributed by atoms with van der Waals surface area (Å²) in [6.07, 6.45) is 0.222. The number of anilines is 2. The van der Waals surface area contributed by atoms with Crippen molar-refractivity contribution >= 4 is 34.1 Å². The minimum Gasteiger partial charge on any atom is -0.463 e. The van der Waals surface area contributed by atoms with Crippen molar-refractivity contribution in [2.75, 3.05) is 50.0 Å². The number of nitrogens with one attached hydrogen (secondary N) is 1. The van der Waals surface area contributed by atoms with Gasteiger partial charge in [0.05, 0.1) is 28.5 Å². The predicted molar refractivity (Wildman–Crippen MR) is 166 cm³/mol. The standard InChI is InChI=1S/C32H37ClF5N7O/c1-17-12-23(39)41-28(25(17)32(36,37)38)24-22(33)13-21-27(26(24)35)42-30(43-29(21)45-11-6-19-2-3-20(14-45)40-19)46-16-31(7-8-31)15-44-9-4-18(34)5-10-44/h12-13,18-20,40H,2-11,14-16H2,1H3,(H2,39,41)/t19-,20+/m1/s1. The van der Waals surface area contributed by atoms with Crippen LogP contribution in [0.25, 0.3) is 22.2 Å². The molecule has 0 spiro atoms. The Kier molecular flexibility index (Phi) is 8.16. The second-order valence-corrected chi connectivity index (χ2v) is 13.9. The monoisotopic (exact) mass is 665 g/mol. The first kappa shape index (κ1) is 31.6. The van der Waals surface area contributed by atoms with Crippen LogP contribution in [0.1, 0.15) is 56.1 Å². The van der Waals surface area contributed by atoms with E-state index in [0.717, 1.165) is 44.7 Å². The van der Waals surface area contributed by atoms with E-state index in [1.165, 1.54) is 13.0 Å². The maximum Gasteiger partial charge on any atom is 0.418 e. The normalized spacial score (nSPS) is 23.6. The summed E-state index contributed by atoms with van der Waals surface area (Å²) in [6, 6.07) is 3.06. The number of aromatic nitrogens is 3. The van der Waals surface area contributed by atoms with E-state index < -0.39 is 35.0 Å². The average Bonchev–Trinajstić information content (AvgIpc) is 3.65. The summed E-state index contributed by atoms with van der Waals surface area (Å²) in [5.41, 5.74) is 2.97. The summed E-state index contributed by atoms with van der Waals surface area (Å²) >= 11 is 6.61. The van der Waals surface area contributed by atoms with Gasteiger partial charge in [-0.2, -0.15) is 23.1 Å². The smallest absolute Gasteiger partial charge is 0.418 e. The molecular formula is C32H37ClF5N7O. The minimum atomic E-state index is -4.84. The fourth-order valence-corrected chi connectivity index (χ4v) is 7.61. The Morgan fingerprint density at radius 1 is 1.04 bits per heavy atom. The molecule has 2 atom stereocenters. The van der Waals surface area contributed by atoms with E-state index in [9.17, 15) is 17.6 Å². The number of nitrogens with zero attached hydrogens (tertiary/aromatic N) is 5. The molecular weight excluding hydrogens is 629 g/mol. The Bertz CT molecular complexity index is 1640. The highest BCUT2D eigenvalue weighted by molar-refractivity contribution is 6.34. The molecule has 3 aliphatic heterocycles. The highest BCUT2D eigenvalue weighted by atomic mass is 35.5. The summed E-state index contributed by atoms with van der Waals surface area (Å²) < 4.78 is 79.4. The van der Waals surface area contributed by atoms with E-state index in [1.807, 2.05) is 0 Å². The number of piperidine rings is 1. The minimum absolute atomic E-state index is 0.0569. The molecule has 46 heavy (non-hydrogen) atoms. The maximum atomic E-state index is 16.7. The van der Waals surface area contributed by atoms with E-state index in [0.29, 0.717) is 50.9 Å². The first-order valence-electron chi connectivity index (χ1n) is 15.9. The van der Waals surface area contributed by atoms with Gasteiger partial charge in [-0.1, -0.05) is 11.6 Å². The number of hydrogen-bond acceptors (Lipinski definition) is 8.